The second-order valence-electron chi connectivity index (χ2n) is 16.1. The molecule has 0 radical (unpaired) electrons. The van der Waals surface area contributed by atoms with Crippen molar-refractivity contribution < 1.29 is 0 Å². The first kappa shape index (κ1) is 34.5. The van der Waals surface area contributed by atoms with Gasteiger partial charge in [-0.1, -0.05) is 117 Å². The molecule has 282 valence electrons. The first-order valence-electron chi connectivity index (χ1n) is 21.0. The predicted molar refractivity (Wildman–Crippen MR) is 247 cm³/mol. The van der Waals surface area contributed by atoms with E-state index in [-0.39, 0.29) is 0 Å². The Labute approximate surface area is 339 Å². The van der Waals surface area contributed by atoms with Crippen molar-refractivity contribution in [1.29, 1.82) is 0 Å². The lowest BCUT2D eigenvalue weighted by Crippen LogP contribution is -2.09. The minimum atomic E-state index is 0.801. The second-order valence-corrected chi connectivity index (χ2v) is 16.1. The van der Waals surface area contributed by atoms with E-state index in [0.717, 1.165) is 30.2 Å². The Kier molecular flexibility index (Phi) is 8.32. The molecule has 0 aliphatic carbocycles. The average Bonchev–Trinajstić information content (AvgIpc) is 3.90. The van der Waals surface area contributed by atoms with E-state index in [1.54, 1.807) is 0 Å². The molecule has 4 heterocycles. The van der Waals surface area contributed by atoms with E-state index in [1.165, 1.54) is 114 Å². The lowest BCUT2D eigenvalue weighted by atomic mass is 10.0. The summed E-state index contributed by atoms with van der Waals surface area (Å²) in [7, 11) is 0. The zero-order valence-corrected chi connectivity index (χ0v) is 33.2. The molecule has 1 N–H and O–H groups in total. The van der Waals surface area contributed by atoms with Gasteiger partial charge in [-0.05, 0) is 115 Å². The molecule has 3 aromatic heterocycles. The Morgan fingerprint density at radius 1 is 0.483 bits per heavy atom. The van der Waals surface area contributed by atoms with Gasteiger partial charge in [-0.2, -0.15) is 0 Å². The molecule has 11 rings (SSSR count). The van der Waals surface area contributed by atoms with Crippen LogP contribution in [0.4, 0.5) is 5.82 Å². The topological polar surface area (TPSA) is 26.8 Å². The number of rotatable bonds is 9. The monoisotopic (exact) mass is 750 g/mol. The summed E-state index contributed by atoms with van der Waals surface area (Å²) in [5.41, 5.74) is 16.0. The number of aryl methyl sites for hydroxylation is 2. The van der Waals surface area contributed by atoms with Crippen LogP contribution in [0.3, 0.4) is 0 Å². The van der Waals surface area contributed by atoms with Crippen LogP contribution in [0.2, 0.25) is 0 Å². The fourth-order valence-corrected chi connectivity index (χ4v) is 9.59. The highest BCUT2D eigenvalue weighted by atomic mass is 15.1. The summed E-state index contributed by atoms with van der Waals surface area (Å²) in [6.07, 6.45) is 10.7. The normalized spacial score (nSPS) is 12.7. The second kappa shape index (κ2) is 14.0. The summed E-state index contributed by atoms with van der Waals surface area (Å²) in [5.74, 6) is 1.14. The maximum atomic E-state index is 3.72. The van der Waals surface area contributed by atoms with Crippen molar-refractivity contribution in [2.24, 2.45) is 0 Å². The van der Waals surface area contributed by atoms with Crippen molar-refractivity contribution in [1.82, 2.24) is 13.7 Å². The lowest BCUT2D eigenvalue weighted by Gasteiger charge is -2.17. The molecule has 0 bridgehead atoms. The molecule has 0 saturated heterocycles. The Morgan fingerprint density at radius 3 is 2.00 bits per heavy atom. The van der Waals surface area contributed by atoms with Gasteiger partial charge < -0.3 is 14.5 Å². The molecule has 1 aliphatic heterocycles. The molecule has 0 fully saturated rings. The van der Waals surface area contributed by atoms with E-state index in [4.69, 9.17) is 0 Å². The van der Waals surface area contributed by atoms with E-state index in [2.05, 4.69) is 197 Å². The van der Waals surface area contributed by atoms with Crippen molar-refractivity contribution >= 4 is 66.4 Å². The van der Waals surface area contributed by atoms with Crippen LogP contribution in [0.15, 0.2) is 158 Å². The summed E-state index contributed by atoms with van der Waals surface area (Å²) in [4.78, 5) is 0. The smallest absolute Gasteiger partial charge is 0.119 e. The molecule has 0 atom stereocenters. The van der Waals surface area contributed by atoms with Gasteiger partial charge in [0.05, 0.1) is 27.6 Å². The van der Waals surface area contributed by atoms with Crippen molar-refractivity contribution in [3.63, 3.8) is 0 Å². The molecule has 10 aromatic rings. The van der Waals surface area contributed by atoms with Crippen LogP contribution in [0.1, 0.15) is 49.3 Å². The van der Waals surface area contributed by atoms with E-state index in [9.17, 15) is 0 Å². The van der Waals surface area contributed by atoms with Gasteiger partial charge in [0.25, 0.3) is 0 Å². The van der Waals surface area contributed by atoms with Crippen LogP contribution in [-0.2, 0) is 6.42 Å². The minimum absolute atomic E-state index is 0.801. The lowest BCUT2D eigenvalue weighted by molar-refractivity contribution is 0.667. The summed E-state index contributed by atoms with van der Waals surface area (Å²) < 4.78 is 7.32. The van der Waals surface area contributed by atoms with Crippen molar-refractivity contribution in [2.45, 2.75) is 46.0 Å². The maximum Gasteiger partial charge on any atom is 0.119 e. The van der Waals surface area contributed by atoms with Gasteiger partial charge in [0, 0.05) is 56.1 Å². The van der Waals surface area contributed by atoms with Crippen molar-refractivity contribution in [3.05, 3.63) is 174 Å². The molecule has 4 nitrogen and oxygen atoms in total. The molecule has 0 amide bonds. The SMILES string of the molecule is CCCCCCc1ccc2c(c1)c1cc(C)ccc1n2-c1ccc2c(c1)c1ccccc1n2-c1cccc(-n2c3c(c4cc(-c5ccccc5)ccc42)C=CCN3)c1. The fraction of sp³-hybridized carbons (Fsp3) is 0.148. The molecule has 0 spiro atoms. The first-order valence-corrected chi connectivity index (χ1v) is 21.0. The number of fused-ring (bicyclic) bond motifs is 9. The molecule has 4 heteroatoms. The third-order valence-corrected chi connectivity index (χ3v) is 12.3. The highest BCUT2D eigenvalue weighted by Gasteiger charge is 2.21. The Morgan fingerprint density at radius 2 is 1.16 bits per heavy atom. The van der Waals surface area contributed by atoms with Crippen LogP contribution in [-0.4, -0.2) is 20.2 Å². The zero-order chi connectivity index (χ0) is 38.7. The molecular weight excluding hydrogens is 705 g/mol. The molecule has 0 unspecified atom stereocenters. The molecule has 58 heavy (non-hydrogen) atoms. The van der Waals surface area contributed by atoms with Crippen LogP contribution in [0.25, 0.3) is 88.8 Å². The molecule has 1 aliphatic rings. The number of anilines is 1. The largest absolute Gasteiger partial charge is 0.367 e. The number of benzene rings is 7. The van der Waals surface area contributed by atoms with Crippen LogP contribution in [0, 0.1) is 6.92 Å². The van der Waals surface area contributed by atoms with E-state index in [1.807, 2.05) is 0 Å². The standard InChI is InChI=1S/C54H46N4/c1-3-4-5-7-14-37-23-27-51-46(32-37)45-31-36(2)22-26-50(45)57(51)42-25-29-52-48(35-42)43-19-10-11-21-49(43)56(52)40-17-12-18-41(34-40)58-53-28-24-39(38-15-8-6-9-16-38)33-47(53)44-20-13-30-55-54(44)58/h6,8-13,15-29,31-35,55H,3-5,7,14,30H2,1-2H3. The molecule has 7 aromatic carbocycles. The van der Waals surface area contributed by atoms with E-state index >= 15 is 0 Å². The fourth-order valence-electron chi connectivity index (χ4n) is 9.59. The Bertz CT molecular complexity index is 3220. The first-order chi connectivity index (χ1) is 28.6. The summed E-state index contributed by atoms with van der Waals surface area (Å²) in [6, 6.07) is 56.6. The number of unbranched alkanes of at least 4 members (excludes halogenated alkanes) is 3. The number of hydrogen-bond acceptors (Lipinski definition) is 1. The highest BCUT2D eigenvalue weighted by molar-refractivity contribution is 6.12. The third kappa shape index (κ3) is 5.58. The van der Waals surface area contributed by atoms with Gasteiger partial charge in [0.2, 0.25) is 0 Å². The highest BCUT2D eigenvalue weighted by Crippen LogP contribution is 2.41. The summed E-state index contributed by atoms with van der Waals surface area (Å²) in [6.45, 7) is 5.29. The zero-order valence-electron chi connectivity index (χ0n) is 33.2. The average molecular weight is 751 g/mol. The Balaban J connectivity index is 1.05. The quantitative estimate of drug-likeness (QED) is 0.146. The summed E-state index contributed by atoms with van der Waals surface area (Å²) >= 11 is 0. The van der Waals surface area contributed by atoms with E-state index in [0.29, 0.717) is 0 Å². The predicted octanol–water partition coefficient (Wildman–Crippen LogP) is 14.4. The van der Waals surface area contributed by atoms with E-state index < -0.39 is 0 Å². The molecule has 0 saturated carbocycles. The van der Waals surface area contributed by atoms with Crippen LogP contribution >= 0.6 is 0 Å². The minimum Gasteiger partial charge on any atom is -0.367 e. The van der Waals surface area contributed by atoms with Crippen LogP contribution in [0.5, 0.6) is 0 Å². The van der Waals surface area contributed by atoms with Gasteiger partial charge >= 0.3 is 0 Å². The number of nitrogens with one attached hydrogen (secondary N) is 1. The maximum absolute atomic E-state index is 3.72. The van der Waals surface area contributed by atoms with Gasteiger partial charge in [-0.25, -0.2) is 0 Å². The van der Waals surface area contributed by atoms with Gasteiger partial charge in [-0.15, -0.1) is 0 Å². The van der Waals surface area contributed by atoms with Crippen molar-refractivity contribution in [3.8, 4) is 28.2 Å². The summed E-state index contributed by atoms with van der Waals surface area (Å²) in [5, 5.41) is 10.1. The number of nitrogens with zero attached hydrogens (tertiary/aromatic N) is 3. The third-order valence-electron chi connectivity index (χ3n) is 12.3. The van der Waals surface area contributed by atoms with Gasteiger partial charge in [0.15, 0.2) is 0 Å². The Hall–Kier alpha value is -6.78. The molecular formula is C54H46N4. The number of aromatic nitrogens is 3. The van der Waals surface area contributed by atoms with Crippen molar-refractivity contribution in [2.75, 3.05) is 11.9 Å². The number of para-hydroxylation sites is 1. The number of hydrogen-bond donors (Lipinski definition) is 1. The van der Waals surface area contributed by atoms with Gasteiger partial charge in [0.1, 0.15) is 5.82 Å². The van der Waals surface area contributed by atoms with Gasteiger partial charge in [-0.3, -0.25) is 4.57 Å². The van der Waals surface area contributed by atoms with Crippen LogP contribution < -0.4 is 5.32 Å².